The van der Waals surface area contributed by atoms with E-state index in [0.29, 0.717) is 27.4 Å². The molecule has 2 N–H and O–H groups in total. The molecular formula is C27H22ClN3O4. The van der Waals surface area contributed by atoms with E-state index in [-0.39, 0.29) is 17.3 Å². The summed E-state index contributed by atoms with van der Waals surface area (Å²) in [4.78, 5) is 35.8. The van der Waals surface area contributed by atoms with Crippen LogP contribution in [-0.2, 0) is 9.59 Å². The predicted octanol–water partition coefficient (Wildman–Crippen LogP) is 5.47. The Bertz CT molecular complexity index is 1500. The van der Waals surface area contributed by atoms with Gasteiger partial charge in [-0.1, -0.05) is 35.9 Å². The van der Waals surface area contributed by atoms with E-state index in [1.165, 1.54) is 12.0 Å². The smallest absolute Gasteiger partial charge is 0.302 e. The summed E-state index contributed by atoms with van der Waals surface area (Å²) in [6, 6.07) is 16.5. The van der Waals surface area contributed by atoms with E-state index in [1.807, 2.05) is 26.0 Å². The van der Waals surface area contributed by atoms with E-state index in [4.69, 9.17) is 16.3 Å². The number of carbonyl (C=O) groups is 2. The van der Waals surface area contributed by atoms with Crippen LogP contribution < -0.4 is 9.64 Å². The molecule has 3 aromatic carbocycles. The van der Waals surface area contributed by atoms with Crippen molar-refractivity contribution in [2.45, 2.75) is 19.9 Å². The van der Waals surface area contributed by atoms with Gasteiger partial charge in [-0.25, -0.2) is 4.98 Å². The van der Waals surface area contributed by atoms with Gasteiger partial charge in [-0.15, -0.1) is 0 Å². The highest BCUT2D eigenvalue weighted by atomic mass is 35.5. The summed E-state index contributed by atoms with van der Waals surface area (Å²) in [5, 5.41) is 11.6. The lowest BCUT2D eigenvalue weighted by Crippen LogP contribution is -2.30. The first kappa shape index (κ1) is 22.7. The number of aryl methyl sites for hydroxylation is 2. The van der Waals surface area contributed by atoms with Crippen LogP contribution in [0, 0.1) is 13.8 Å². The van der Waals surface area contributed by atoms with Crippen LogP contribution in [0.4, 0.5) is 5.95 Å². The number of aromatic nitrogens is 2. The Morgan fingerprint density at radius 1 is 1.06 bits per heavy atom. The van der Waals surface area contributed by atoms with Crippen LogP contribution in [0.15, 0.2) is 66.2 Å². The number of hydrogen-bond donors (Lipinski definition) is 2. The Hall–Kier alpha value is -4.10. The first-order valence-electron chi connectivity index (χ1n) is 11.0. The molecule has 0 spiro atoms. The molecule has 0 saturated carbocycles. The summed E-state index contributed by atoms with van der Waals surface area (Å²) in [6.07, 6.45) is 0. The van der Waals surface area contributed by atoms with E-state index in [9.17, 15) is 14.7 Å². The van der Waals surface area contributed by atoms with Crippen LogP contribution in [0.25, 0.3) is 16.8 Å². The SMILES string of the molecule is COc1cccc(C2/C(=C(\O)c3cccc(Cl)c3)C(=O)C(=O)N2c2nc3cc(C)c(C)cc3[nH]2)c1. The number of anilines is 1. The molecule has 1 unspecified atom stereocenters. The van der Waals surface area contributed by atoms with Crippen molar-refractivity contribution < 1.29 is 19.4 Å². The molecule has 4 aromatic rings. The van der Waals surface area contributed by atoms with Crippen LogP contribution in [-0.4, -0.2) is 33.9 Å². The quantitative estimate of drug-likeness (QED) is 0.226. The van der Waals surface area contributed by atoms with Gasteiger partial charge in [0.05, 0.1) is 29.8 Å². The van der Waals surface area contributed by atoms with Gasteiger partial charge in [-0.05, 0) is 66.9 Å². The second kappa shape index (κ2) is 8.60. The molecule has 1 aliphatic rings. The molecule has 8 heteroatoms. The summed E-state index contributed by atoms with van der Waals surface area (Å²) in [6.45, 7) is 3.97. The van der Waals surface area contributed by atoms with Crippen LogP contribution in [0.2, 0.25) is 5.02 Å². The van der Waals surface area contributed by atoms with Crippen molar-refractivity contribution in [2.24, 2.45) is 0 Å². The Morgan fingerprint density at radius 2 is 1.80 bits per heavy atom. The minimum absolute atomic E-state index is 0.0571. The molecule has 1 amide bonds. The number of H-pyrrole nitrogens is 1. The number of carbonyl (C=O) groups excluding carboxylic acids is 2. The van der Waals surface area contributed by atoms with Gasteiger partial charge < -0.3 is 14.8 Å². The van der Waals surface area contributed by atoms with Crippen molar-refractivity contribution in [2.75, 3.05) is 12.0 Å². The molecule has 2 heterocycles. The van der Waals surface area contributed by atoms with Gasteiger partial charge in [0, 0.05) is 10.6 Å². The Morgan fingerprint density at radius 3 is 2.54 bits per heavy atom. The van der Waals surface area contributed by atoms with Crippen molar-refractivity contribution >= 4 is 46.0 Å². The fourth-order valence-electron chi connectivity index (χ4n) is 4.34. The number of hydrogen-bond acceptors (Lipinski definition) is 5. The topological polar surface area (TPSA) is 95.5 Å². The van der Waals surface area contributed by atoms with Crippen molar-refractivity contribution in [1.82, 2.24) is 9.97 Å². The summed E-state index contributed by atoms with van der Waals surface area (Å²) < 4.78 is 5.37. The van der Waals surface area contributed by atoms with Gasteiger partial charge in [0.2, 0.25) is 5.95 Å². The average molecular weight is 488 g/mol. The molecule has 1 aromatic heterocycles. The average Bonchev–Trinajstić information content (AvgIpc) is 3.36. The minimum atomic E-state index is -0.938. The van der Waals surface area contributed by atoms with Crippen LogP contribution in [0.3, 0.4) is 0 Å². The number of methoxy groups -OCH3 is 1. The number of aliphatic hydroxyl groups is 1. The monoisotopic (exact) mass is 487 g/mol. The summed E-state index contributed by atoms with van der Waals surface area (Å²) in [7, 11) is 1.53. The van der Waals surface area contributed by atoms with Gasteiger partial charge in [0.1, 0.15) is 11.5 Å². The second-order valence-corrected chi connectivity index (χ2v) is 8.91. The van der Waals surface area contributed by atoms with Crippen LogP contribution in [0.1, 0.15) is 28.3 Å². The normalized spacial score (nSPS) is 17.4. The minimum Gasteiger partial charge on any atom is -0.507 e. The molecule has 1 atom stereocenters. The molecule has 176 valence electrons. The van der Waals surface area contributed by atoms with Gasteiger partial charge in [0.15, 0.2) is 0 Å². The third kappa shape index (κ3) is 3.84. The maximum atomic E-state index is 13.4. The number of fused-ring (bicyclic) bond motifs is 1. The first-order valence-corrected chi connectivity index (χ1v) is 11.3. The maximum absolute atomic E-state index is 13.4. The number of Topliss-reactive ketones (excluding diaryl/α,β-unsaturated/α-hetero) is 1. The fourth-order valence-corrected chi connectivity index (χ4v) is 4.53. The Kier molecular flexibility index (Phi) is 5.57. The van der Waals surface area contributed by atoms with Gasteiger partial charge in [0.25, 0.3) is 5.78 Å². The number of aliphatic hydroxyl groups excluding tert-OH is 1. The highest BCUT2D eigenvalue weighted by Crippen LogP contribution is 2.42. The molecule has 1 aliphatic heterocycles. The molecule has 0 bridgehead atoms. The van der Waals surface area contributed by atoms with E-state index in [2.05, 4.69) is 9.97 Å². The number of ketones is 1. The number of halogens is 1. The summed E-state index contributed by atoms with van der Waals surface area (Å²) in [5.74, 6) is -1.17. The zero-order valence-corrected chi connectivity index (χ0v) is 20.1. The molecule has 1 saturated heterocycles. The third-order valence-electron chi connectivity index (χ3n) is 6.27. The van der Waals surface area contributed by atoms with Crippen molar-refractivity contribution in [3.63, 3.8) is 0 Å². The zero-order chi connectivity index (χ0) is 24.9. The number of imidazole rings is 1. The van der Waals surface area contributed by atoms with E-state index in [1.54, 1.807) is 48.5 Å². The lowest BCUT2D eigenvalue weighted by atomic mass is 9.95. The lowest BCUT2D eigenvalue weighted by molar-refractivity contribution is -0.132. The van der Waals surface area contributed by atoms with Gasteiger partial charge in [-0.2, -0.15) is 0 Å². The Labute approximate surface area is 206 Å². The lowest BCUT2D eigenvalue weighted by Gasteiger charge is -2.23. The maximum Gasteiger partial charge on any atom is 0.302 e. The molecule has 0 aliphatic carbocycles. The number of benzene rings is 3. The van der Waals surface area contributed by atoms with E-state index in [0.717, 1.165) is 16.6 Å². The van der Waals surface area contributed by atoms with Gasteiger partial charge >= 0.3 is 5.91 Å². The third-order valence-corrected chi connectivity index (χ3v) is 6.50. The van der Waals surface area contributed by atoms with Crippen LogP contribution in [0.5, 0.6) is 5.75 Å². The number of nitrogens with zero attached hydrogens (tertiary/aromatic N) is 2. The zero-order valence-electron chi connectivity index (χ0n) is 19.3. The van der Waals surface area contributed by atoms with E-state index >= 15 is 0 Å². The molecular weight excluding hydrogens is 466 g/mol. The molecule has 1 fully saturated rings. The standard InChI is InChI=1S/C27H22ClN3O4/c1-14-10-20-21(11-15(14)2)30-27(29-20)31-23(16-6-5-9-19(13-16)35-3)22(25(33)26(31)34)24(32)17-7-4-8-18(28)12-17/h4-13,23,32H,1-3H3,(H,29,30)/b24-22+. The molecule has 35 heavy (non-hydrogen) atoms. The predicted molar refractivity (Wildman–Crippen MR) is 135 cm³/mol. The number of ether oxygens (including phenoxy) is 1. The summed E-state index contributed by atoms with van der Waals surface area (Å²) in [5.41, 5.74) is 4.40. The highest BCUT2D eigenvalue weighted by Gasteiger charge is 2.48. The Balaban J connectivity index is 1.75. The van der Waals surface area contributed by atoms with Crippen LogP contribution >= 0.6 is 11.6 Å². The first-order chi connectivity index (χ1) is 16.8. The number of nitrogens with one attached hydrogen (secondary N) is 1. The second-order valence-electron chi connectivity index (χ2n) is 8.47. The largest absolute Gasteiger partial charge is 0.507 e. The number of rotatable bonds is 4. The van der Waals surface area contributed by atoms with Crippen molar-refractivity contribution in [1.29, 1.82) is 0 Å². The van der Waals surface area contributed by atoms with Crippen molar-refractivity contribution in [3.8, 4) is 5.75 Å². The molecule has 5 rings (SSSR count). The van der Waals surface area contributed by atoms with Gasteiger partial charge in [-0.3, -0.25) is 14.5 Å². The van der Waals surface area contributed by atoms with E-state index < -0.39 is 17.7 Å². The van der Waals surface area contributed by atoms with Crippen molar-refractivity contribution in [3.05, 3.63) is 93.5 Å². The number of amides is 1. The summed E-state index contributed by atoms with van der Waals surface area (Å²) >= 11 is 6.12. The fraction of sp³-hybridized carbons (Fsp3) is 0.148. The highest BCUT2D eigenvalue weighted by molar-refractivity contribution is 6.51. The molecule has 7 nitrogen and oxygen atoms in total. The molecule has 0 radical (unpaired) electrons. The number of aromatic amines is 1.